The molecule has 178 valence electrons. The molecule has 0 aromatic heterocycles. The van der Waals surface area contributed by atoms with Gasteiger partial charge in [-0.1, -0.05) is 51.3 Å². The highest BCUT2D eigenvalue weighted by Gasteiger charge is 2.37. The molecule has 3 aromatic rings. The molecular weight excluding hydrogens is 670 g/mol. The fraction of sp³-hybridized carbons (Fsp3) is 0.0800. The molecule has 3 aromatic carbocycles. The van der Waals surface area contributed by atoms with E-state index in [0.717, 1.165) is 24.1 Å². The van der Waals surface area contributed by atoms with Crippen LogP contribution < -0.4 is 15.0 Å². The average molecular weight is 686 g/mol. The Hall–Kier alpha value is -2.40. The number of halogens is 4. The van der Waals surface area contributed by atoms with Crippen molar-refractivity contribution in [2.75, 3.05) is 4.90 Å². The number of aryl methyl sites for hydroxylation is 1. The molecule has 1 aliphatic rings. The number of urea groups is 1. The molecule has 0 atom stereocenters. The van der Waals surface area contributed by atoms with Crippen LogP contribution in [0, 0.1) is 10.5 Å². The van der Waals surface area contributed by atoms with Gasteiger partial charge in [0, 0.05) is 20.1 Å². The highest BCUT2D eigenvalue weighted by atomic mass is 127. The lowest BCUT2D eigenvalue weighted by Gasteiger charge is -2.26. The van der Waals surface area contributed by atoms with Gasteiger partial charge in [-0.25, -0.2) is 9.69 Å². The van der Waals surface area contributed by atoms with Crippen molar-refractivity contribution >= 4 is 91.3 Å². The molecule has 0 saturated carbocycles. The van der Waals surface area contributed by atoms with Crippen LogP contribution in [0.3, 0.4) is 0 Å². The summed E-state index contributed by atoms with van der Waals surface area (Å²) in [7, 11) is 0. The maximum atomic E-state index is 13.1. The fourth-order valence-electron chi connectivity index (χ4n) is 3.34. The first kappa shape index (κ1) is 25.7. The molecule has 0 spiro atoms. The van der Waals surface area contributed by atoms with Gasteiger partial charge in [-0.05, 0) is 89.2 Å². The van der Waals surface area contributed by atoms with Gasteiger partial charge in [0.1, 0.15) is 17.9 Å². The maximum Gasteiger partial charge on any atom is 0.335 e. The lowest BCUT2D eigenvalue weighted by atomic mass is 10.1. The zero-order valence-corrected chi connectivity index (χ0v) is 23.3. The van der Waals surface area contributed by atoms with Crippen LogP contribution >= 0.6 is 61.7 Å². The van der Waals surface area contributed by atoms with Crippen LogP contribution in [0.1, 0.15) is 16.7 Å². The number of carbonyl (C=O) groups excluding carboxylic acids is 3. The Kier molecular flexibility index (Phi) is 7.85. The van der Waals surface area contributed by atoms with E-state index in [9.17, 15) is 14.4 Å². The van der Waals surface area contributed by atoms with Crippen LogP contribution in [0.4, 0.5) is 10.5 Å². The number of benzene rings is 3. The topological polar surface area (TPSA) is 75.7 Å². The molecule has 0 bridgehead atoms. The lowest BCUT2D eigenvalue weighted by Crippen LogP contribution is -2.54. The number of nitrogens with zero attached hydrogens (tertiary/aromatic N) is 1. The second-order valence-corrected chi connectivity index (χ2v) is 10.5. The van der Waals surface area contributed by atoms with E-state index in [1.165, 1.54) is 6.08 Å². The van der Waals surface area contributed by atoms with Crippen LogP contribution in [0.15, 0.2) is 64.6 Å². The Balaban J connectivity index is 1.57. The summed E-state index contributed by atoms with van der Waals surface area (Å²) >= 11 is 17.6. The molecule has 1 aliphatic heterocycles. The van der Waals surface area contributed by atoms with Crippen molar-refractivity contribution in [1.82, 2.24) is 5.32 Å². The first-order chi connectivity index (χ1) is 16.6. The Labute approximate surface area is 233 Å². The largest absolute Gasteiger partial charge is 0.488 e. The molecule has 4 rings (SSSR count). The van der Waals surface area contributed by atoms with Crippen LogP contribution in [0.25, 0.3) is 6.08 Å². The molecule has 10 heteroatoms. The Morgan fingerprint density at radius 3 is 2.51 bits per heavy atom. The van der Waals surface area contributed by atoms with E-state index in [1.807, 2.05) is 6.92 Å². The Morgan fingerprint density at radius 2 is 1.83 bits per heavy atom. The molecule has 1 fully saturated rings. The standard InChI is InChI=1S/C25H16BrCl2IN2O4/c1-13-8-17(5-6-19(13)26)31-24(33)18(23(32)30-25(31)34)9-14-2-7-22(21(29)10-14)35-12-15-3-4-16(27)11-20(15)28/h2-11H,12H2,1H3,(H,30,32,34)/b18-9+. The van der Waals surface area contributed by atoms with Gasteiger partial charge >= 0.3 is 6.03 Å². The van der Waals surface area contributed by atoms with Gasteiger partial charge in [0.05, 0.1) is 9.26 Å². The second kappa shape index (κ2) is 10.7. The Bertz CT molecular complexity index is 1410. The highest BCUT2D eigenvalue weighted by Crippen LogP contribution is 2.29. The summed E-state index contributed by atoms with van der Waals surface area (Å²) in [5, 5.41) is 3.29. The van der Waals surface area contributed by atoms with Gasteiger partial charge in [0.25, 0.3) is 11.8 Å². The van der Waals surface area contributed by atoms with Crippen molar-refractivity contribution in [1.29, 1.82) is 0 Å². The van der Waals surface area contributed by atoms with Crippen LogP contribution in [0.2, 0.25) is 10.0 Å². The van der Waals surface area contributed by atoms with E-state index in [-0.39, 0.29) is 12.2 Å². The smallest absolute Gasteiger partial charge is 0.335 e. The van der Waals surface area contributed by atoms with Gasteiger partial charge < -0.3 is 4.74 Å². The second-order valence-electron chi connectivity index (χ2n) is 7.61. The molecular formula is C25H16BrCl2IN2O4. The zero-order chi connectivity index (χ0) is 25.3. The van der Waals surface area contributed by atoms with E-state index in [0.29, 0.717) is 27.0 Å². The number of barbiturate groups is 1. The first-order valence-electron chi connectivity index (χ1n) is 10.2. The molecule has 0 radical (unpaired) electrons. The first-order valence-corrected chi connectivity index (χ1v) is 12.8. The molecule has 0 unspecified atom stereocenters. The SMILES string of the molecule is Cc1cc(N2C(=O)NC(=O)/C(=C\c3ccc(OCc4ccc(Cl)cc4Cl)c(I)c3)C2=O)ccc1Br. The maximum absolute atomic E-state index is 13.1. The van der Waals surface area contributed by atoms with Crippen LogP contribution in [-0.2, 0) is 16.2 Å². The molecule has 6 nitrogen and oxygen atoms in total. The van der Waals surface area contributed by atoms with E-state index < -0.39 is 17.8 Å². The van der Waals surface area contributed by atoms with E-state index in [2.05, 4.69) is 43.8 Å². The van der Waals surface area contributed by atoms with E-state index in [1.54, 1.807) is 54.6 Å². The summed E-state index contributed by atoms with van der Waals surface area (Å²) in [4.78, 5) is 39.0. The number of rotatable bonds is 5. The number of imide groups is 2. The quantitative estimate of drug-likeness (QED) is 0.180. The minimum absolute atomic E-state index is 0.150. The van der Waals surface area contributed by atoms with Crippen molar-refractivity contribution in [2.24, 2.45) is 0 Å². The number of ether oxygens (including phenoxy) is 1. The normalized spacial score (nSPS) is 14.9. The van der Waals surface area contributed by atoms with Crippen LogP contribution in [0.5, 0.6) is 5.75 Å². The number of amides is 4. The monoisotopic (exact) mass is 684 g/mol. The summed E-state index contributed by atoms with van der Waals surface area (Å²) in [5.74, 6) is -0.841. The summed E-state index contributed by atoms with van der Waals surface area (Å²) < 4.78 is 7.49. The predicted molar refractivity (Wildman–Crippen MR) is 148 cm³/mol. The Morgan fingerprint density at radius 1 is 1.06 bits per heavy atom. The number of carbonyl (C=O) groups is 3. The van der Waals surface area contributed by atoms with Crippen molar-refractivity contribution in [3.8, 4) is 5.75 Å². The van der Waals surface area contributed by atoms with Crippen molar-refractivity contribution in [2.45, 2.75) is 13.5 Å². The third kappa shape index (κ3) is 5.72. The van der Waals surface area contributed by atoms with E-state index in [4.69, 9.17) is 27.9 Å². The van der Waals surface area contributed by atoms with Crippen LogP contribution in [-0.4, -0.2) is 17.8 Å². The van der Waals surface area contributed by atoms with Crippen molar-refractivity contribution < 1.29 is 19.1 Å². The third-order valence-corrected chi connectivity index (χ3v) is 7.49. The summed E-state index contributed by atoms with van der Waals surface area (Å²) in [6, 6.07) is 14.7. The fourth-order valence-corrected chi connectivity index (χ4v) is 4.75. The van der Waals surface area contributed by atoms with E-state index >= 15 is 0 Å². The average Bonchev–Trinajstić information content (AvgIpc) is 2.79. The summed E-state index contributed by atoms with van der Waals surface area (Å²) in [6.45, 7) is 2.09. The molecule has 1 saturated heterocycles. The molecule has 4 amide bonds. The van der Waals surface area contributed by atoms with Crippen molar-refractivity contribution in [3.63, 3.8) is 0 Å². The highest BCUT2D eigenvalue weighted by molar-refractivity contribution is 14.1. The van der Waals surface area contributed by atoms with Gasteiger partial charge in [0.2, 0.25) is 0 Å². The minimum Gasteiger partial charge on any atom is -0.488 e. The molecule has 1 N–H and O–H groups in total. The van der Waals surface area contributed by atoms with Crippen molar-refractivity contribution in [3.05, 3.63) is 94.9 Å². The summed E-state index contributed by atoms with van der Waals surface area (Å²) in [5.41, 5.74) is 2.45. The minimum atomic E-state index is -0.793. The summed E-state index contributed by atoms with van der Waals surface area (Å²) in [6.07, 6.45) is 1.45. The number of hydrogen-bond donors (Lipinski definition) is 1. The van der Waals surface area contributed by atoms with Gasteiger partial charge in [-0.15, -0.1) is 0 Å². The number of anilines is 1. The zero-order valence-electron chi connectivity index (χ0n) is 18.1. The molecule has 35 heavy (non-hydrogen) atoms. The third-order valence-electron chi connectivity index (χ3n) is 5.17. The number of nitrogens with one attached hydrogen (secondary N) is 1. The van der Waals surface area contributed by atoms with Gasteiger partial charge in [0.15, 0.2) is 0 Å². The number of hydrogen-bond acceptors (Lipinski definition) is 4. The lowest BCUT2D eigenvalue weighted by molar-refractivity contribution is -0.122. The predicted octanol–water partition coefficient (Wildman–Crippen LogP) is 6.91. The molecule has 0 aliphatic carbocycles. The van der Waals surface area contributed by atoms with Gasteiger partial charge in [-0.2, -0.15) is 0 Å². The molecule has 1 heterocycles. The van der Waals surface area contributed by atoms with Gasteiger partial charge in [-0.3, -0.25) is 14.9 Å².